The van der Waals surface area contributed by atoms with Crippen LogP contribution in [-0.4, -0.2) is 23.1 Å². The number of nitrogens with one attached hydrogen (secondary N) is 1. The molecular weight excluding hydrogens is 233 g/mol. The van der Waals surface area contributed by atoms with Crippen LogP contribution in [0.1, 0.15) is 12.0 Å². The number of rotatable bonds is 2. The van der Waals surface area contributed by atoms with Crippen molar-refractivity contribution in [2.24, 2.45) is 0 Å². The van der Waals surface area contributed by atoms with E-state index in [1.54, 1.807) is 30.3 Å². The van der Waals surface area contributed by atoms with Gasteiger partial charge in [0.1, 0.15) is 6.04 Å². The number of amides is 1. The van der Waals surface area contributed by atoms with Crippen LogP contribution in [0.3, 0.4) is 0 Å². The molecule has 1 heterocycles. The molecule has 1 aromatic carbocycles. The Kier molecular flexibility index (Phi) is 3.06. The van der Waals surface area contributed by atoms with E-state index in [2.05, 4.69) is 5.43 Å². The Bertz CT molecular complexity index is 405. The zero-order chi connectivity index (χ0) is 12.5. The highest BCUT2D eigenvalue weighted by Gasteiger charge is 2.46. The summed E-state index contributed by atoms with van der Waals surface area (Å²) in [5.74, 6) is -0.531. The molecule has 1 N–H and O–H groups in total. The molecule has 1 aliphatic rings. The van der Waals surface area contributed by atoms with Gasteiger partial charge in [-0.05, 0) is 5.56 Å². The Morgan fingerprint density at radius 2 is 1.94 bits per heavy atom. The van der Waals surface area contributed by atoms with Gasteiger partial charge in [0.2, 0.25) is 5.91 Å². The first-order chi connectivity index (χ1) is 7.97. The first kappa shape index (κ1) is 11.9. The van der Waals surface area contributed by atoms with Gasteiger partial charge in [0, 0.05) is 0 Å². The predicted octanol–water partition coefficient (Wildman–Crippen LogP) is 1.85. The van der Waals surface area contributed by atoms with E-state index in [-0.39, 0.29) is 6.54 Å². The molecule has 1 fully saturated rings. The van der Waals surface area contributed by atoms with Crippen molar-refractivity contribution in [3.05, 3.63) is 35.9 Å². The van der Waals surface area contributed by atoms with E-state index in [1.165, 1.54) is 0 Å². The van der Waals surface area contributed by atoms with Crippen LogP contribution in [0.2, 0.25) is 0 Å². The van der Waals surface area contributed by atoms with Gasteiger partial charge in [-0.2, -0.15) is 13.2 Å². The van der Waals surface area contributed by atoms with Crippen LogP contribution in [-0.2, 0) is 11.3 Å². The summed E-state index contributed by atoms with van der Waals surface area (Å²) in [6.45, 7) is 0.145. The van der Waals surface area contributed by atoms with Gasteiger partial charge in [-0.1, -0.05) is 30.3 Å². The van der Waals surface area contributed by atoms with Gasteiger partial charge in [-0.15, -0.1) is 0 Å². The Balaban J connectivity index is 2.02. The highest BCUT2D eigenvalue weighted by Crippen LogP contribution is 2.27. The molecule has 2 rings (SSSR count). The topological polar surface area (TPSA) is 32.3 Å². The monoisotopic (exact) mass is 244 g/mol. The summed E-state index contributed by atoms with van der Waals surface area (Å²) in [5, 5.41) is 1.02. The van der Waals surface area contributed by atoms with Crippen LogP contribution >= 0.6 is 0 Å². The SMILES string of the molecule is O=C1CC(C(F)(F)F)NN1Cc1ccccc1. The first-order valence-corrected chi connectivity index (χ1v) is 5.14. The highest BCUT2D eigenvalue weighted by molar-refractivity contribution is 5.78. The lowest BCUT2D eigenvalue weighted by Crippen LogP contribution is -2.43. The zero-order valence-electron chi connectivity index (χ0n) is 8.87. The number of hydrazine groups is 1. The number of carbonyl (C=O) groups is 1. The molecule has 1 aliphatic heterocycles. The maximum atomic E-state index is 12.4. The summed E-state index contributed by atoms with van der Waals surface area (Å²) >= 11 is 0. The second-order valence-corrected chi connectivity index (χ2v) is 3.89. The molecule has 92 valence electrons. The van der Waals surface area contributed by atoms with Gasteiger partial charge >= 0.3 is 6.18 Å². The molecule has 1 aromatic rings. The van der Waals surface area contributed by atoms with E-state index in [0.29, 0.717) is 0 Å². The van der Waals surface area contributed by atoms with Crippen molar-refractivity contribution in [3.63, 3.8) is 0 Å². The number of carbonyl (C=O) groups excluding carboxylic acids is 1. The van der Waals surface area contributed by atoms with Crippen LogP contribution in [0, 0.1) is 0 Å². The van der Waals surface area contributed by atoms with Gasteiger partial charge in [0.05, 0.1) is 13.0 Å². The minimum absolute atomic E-state index is 0.145. The Morgan fingerprint density at radius 1 is 1.29 bits per heavy atom. The van der Waals surface area contributed by atoms with Crippen molar-refractivity contribution < 1.29 is 18.0 Å². The second-order valence-electron chi connectivity index (χ2n) is 3.89. The number of halogens is 3. The average Bonchev–Trinajstić information content (AvgIpc) is 2.62. The van der Waals surface area contributed by atoms with E-state index >= 15 is 0 Å². The number of hydrogen-bond acceptors (Lipinski definition) is 2. The minimum atomic E-state index is -4.39. The third-order valence-corrected chi connectivity index (χ3v) is 2.57. The van der Waals surface area contributed by atoms with Crippen molar-refractivity contribution >= 4 is 5.91 Å². The fourth-order valence-electron chi connectivity index (χ4n) is 1.68. The standard InChI is InChI=1S/C11H11F3N2O/c12-11(13,14)9-6-10(17)16(15-9)7-8-4-2-1-3-5-8/h1-5,9,15H,6-7H2. The van der Waals surface area contributed by atoms with Gasteiger partial charge < -0.3 is 0 Å². The summed E-state index contributed by atoms with van der Waals surface area (Å²) < 4.78 is 37.2. The smallest absolute Gasteiger partial charge is 0.273 e. The number of alkyl halides is 3. The average molecular weight is 244 g/mol. The summed E-state index contributed by atoms with van der Waals surface area (Å²) in [6.07, 6.45) is -4.92. The van der Waals surface area contributed by atoms with Crippen LogP contribution in [0.25, 0.3) is 0 Å². The Labute approximate surface area is 96.2 Å². The molecule has 0 spiro atoms. The molecule has 0 radical (unpaired) electrons. The molecule has 1 unspecified atom stereocenters. The molecule has 1 saturated heterocycles. The number of benzene rings is 1. The molecule has 1 amide bonds. The van der Waals surface area contributed by atoms with Crippen LogP contribution < -0.4 is 5.43 Å². The van der Waals surface area contributed by atoms with E-state index in [0.717, 1.165) is 10.6 Å². The van der Waals surface area contributed by atoms with Crippen molar-refractivity contribution in [1.82, 2.24) is 10.4 Å². The van der Waals surface area contributed by atoms with Crippen molar-refractivity contribution in [1.29, 1.82) is 0 Å². The molecule has 6 heteroatoms. The second kappa shape index (κ2) is 4.37. The largest absolute Gasteiger partial charge is 0.406 e. The third-order valence-electron chi connectivity index (χ3n) is 2.57. The van der Waals surface area contributed by atoms with E-state index in [4.69, 9.17) is 0 Å². The normalized spacial score (nSPS) is 21.0. The highest BCUT2D eigenvalue weighted by atomic mass is 19.4. The number of hydrogen-bond donors (Lipinski definition) is 1. The van der Waals surface area contributed by atoms with Crippen LogP contribution in [0.15, 0.2) is 30.3 Å². The minimum Gasteiger partial charge on any atom is -0.273 e. The van der Waals surface area contributed by atoms with Crippen molar-refractivity contribution in [2.75, 3.05) is 0 Å². The van der Waals surface area contributed by atoms with Crippen molar-refractivity contribution in [3.8, 4) is 0 Å². The Hall–Kier alpha value is -1.56. The van der Waals surface area contributed by atoms with Gasteiger partial charge in [-0.25, -0.2) is 5.43 Å². The van der Waals surface area contributed by atoms with E-state index in [9.17, 15) is 18.0 Å². The summed E-state index contributed by atoms with van der Waals surface area (Å²) in [4.78, 5) is 11.4. The Morgan fingerprint density at radius 3 is 2.47 bits per heavy atom. The maximum Gasteiger partial charge on any atom is 0.406 e. The van der Waals surface area contributed by atoms with Crippen molar-refractivity contribution in [2.45, 2.75) is 25.2 Å². The lowest BCUT2D eigenvalue weighted by Gasteiger charge is -2.19. The summed E-state index contributed by atoms with van der Waals surface area (Å²) in [7, 11) is 0. The van der Waals surface area contributed by atoms with Crippen LogP contribution in [0.5, 0.6) is 0 Å². The van der Waals surface area contributed by atoms with Gasteiger partial charge in [0.15, 0.2) is 0 Å². The molecule has 0 bridgehead atoms. The van der Waals surface area contributed by atoms with Crippen LogP contribution in [0.4, 0.5) is 13.2 Å². The van der Waals surface area contributed by atoms with Gasteiger partial charge in [-0.3, -0.25) is 9.80 Å². The quantitative estimate of drug-likeness (QED) is 0.861. The lowest BCUT2D eigenvalue weighted by molar-refractivity contribution is -0.157. The maximum absolute atomic E-state index is 12.4. The fourth-order valence-corrected chi connectivity index (χ4v) is 1.68. The molecule has 0 aromatic heterocycles. The van der Waals surface area contributed by atoms with E-state index < -0.39 is 24.5 Å². The van der Waals surface area contributed by atoms with Gasteiger partial charge in [0.25, 0.3) is 0 Å². The molecular formula is C11H11F3N2O. The molecule has 17 heavy (non-hydrogen) atoms. The molecule has 0 aliphatic carbocycles. The summed E-state index contributed by atoms with van der Waals surface area (Å²) in [5.41, 5.74) is 2.98. The zero-order valence-corrected chi connectivity index (χ0v) is 8.87. The molecule has 0 saturated carbocycles. The third kappa shape index (κ3) is 2.76. The number of nitrogens with zero attached hydrogens (tertiary/aromatic N) is 1. The summed E-state index contributed by atoms with van der Waals surface area (Å²) in [6, 6.07) is 7.11. The fraction of sp³-hybridized carbons (Fsp3) is 0.364. The predicted molar refractivity (Wildman–Crippen MR) is 54.6 cm³/mol. The lowest BCUT2D eigenvalue weighted by atomic mass is 10.2. The molecule has 1 atom stereocenters. The molecule has 3 nitrogen and oxygen atoms in total. The van der Waals surface area contributed by atoms with E-state index in [1.807, 2.05) is 0 Å². The first-order valence-electron chi connectivity index (χ1n) is 5.14.